The van der Waals surface area contributed by atoms with Crippen LogP contribution < -0.4 is 10.6 Å². The number of carbonyl (C=O) groups is 2. The van der Waals surface area contributed by atoms with Crippen LogP contribution in [0.25, 0.3) is 0 Å². The van der Waals surface area contributed by atoms with Gasteiger partial charge in [0.2, 0.25) is 11.8 Å². The number of anilines is 1. The Morgan fingerprint density at radius 2 is 2.24 bits per heavy atom. The lowest BCUT2D eigenvalue weighted by atomic mass is 10.2. The molecule has 6 nitrogen and oxygen atoms in total. The van der Waals surface area contributed by atoms with E-state index in [0.717, 1.165) is 19.4 Å². The molecule has 9 heteroatoms. The van der Waals surface area contributed by atoms with Crippen molar-refractivity contribution in [3.8, 4) is 0 Å². The van der Waals surface area contributed by atoms with Gasteiger partial charge in [0, 0.05) is 18.7 Å². The van der Waals surface area contributed by atoms with Crippen molar-refractivity contribution < 1.29 is 14.3 Å². The molecule has 0 bridgehead atoms. The van der Waals surface area contributed by atoms with Crippen LogP contribution in [-0.4, -0.2) is 41.5 Å². The number of hydrogen-bond donors (Lipinski definition) is 2. The second kappa shape index (κ2) is 8.40. The average Bonchev–Trinajstić information content (AvgIpc) is 3.19. The number of thioether (sulfide) groups is 1. The molecule has 1 aromatic rings. The molecule has 2 saturated heterocycles. The van der Waals surface area contributed by atoms with Crippen molar-refractivity contribution in [2.75, 3.05) is 18.5 Å². The van der Waals surface area contributed by atoms with Crippen molar-refractivity contribution in [3.63, 3.8) is 0 Å². The van der Waals surface area contributed by atoms with E-state index in [9.17, 15) is 9.59 Å². The number of amides is 2. The van der Waals surface area contributed by atoms with Gasteiger partial charge in [-0.05, 0) is 31.0 Å². The van der Waals surface area contributed by atoms with Crippen LogP contribution in [-0.2, 0) is 14.3 Å². The number of nitrogens with one attached hydrogen (secondary N) is 2. The van der Waals surface area contributed by atoms with Crippen LogP contribution in [0.3, 0.4) is 0 Å². The van der Waals surface area contributed by atoms with Crippen LogP contribution in [0.5, 0.6) is 0 Å². The minimum atomic E-state index is -0.494. The van der Waals surface area contributed by atoms with Crippen molar-refractivity contribution in [2.24, 2.45) is 4.99 Å². The zero-order valence-electron chi connectivity index (χ0n) is 13.3. The molecule has 0 spiro atoms. The first kappa shape index (κ1) is 18.5. The number of benzene rings is 1. The van der Waals surface area contributed by atoms with E-state index < -0.39 is 5.25 Å². The van der Waals surface area contributed by atoms with Crippen LogP contribution in [0, 0.1) is 0 Å². The van der Waals surface area contributed by atoms with Crippen molar-refractivity contribution in [3.05, 3.63) is 28.2 Å². The van der Waals surface area contributed by atoms with Crippen LogP contribution in [0.4, 0.5) is 5.69 Å². The van der Waals surface area contributed by atoms with E-state index in [1.165, 1.54) is 11.8 Å². The number of aliphatic imine (C=N–C) groups is 1. The summed E-state index contributed by atoms with van der Waals surface area (Å²) in [5.74, 6) is -0.480. The van der Waals surface area contributed by atoms with Gasteiger partial charge in [0.25, 0.3) is 0 Å². The fourth-order valence-electron chi connectivity index (χ4n) is 2.54. The van der Waals surface area contributed by atoms with Gasteiger partial charge in [-0.1, -0.05) is 35.0 Å². The molecule has 0 aliphatic carbocycles. The van der Waals surface area contributed by atoms with Gasteiger partial charge in [0.1, 0.15) is 5.25 Å². The van der Waals surface area contributed by atoms with Crippen LogP contribution in [0.1, 0.15) is 19.3 Å². The fraction of sp³-hybridized carbons (Fsp3) is 0.438. The minimum absolute atomic E-state index is 0.0513. The third kappa shape index (κ3) is 5.10. The first-order chi connectivity index (χ1) is 12.0. The predicted octanol–water partition coefficient (Wildman–Crippen LogP) is 3.09. The van der Waals surface area contributed by atoms with Crippen molar-refractivity contribution in [1.82, 2.24) is 5.32 Å². The molecular weight excluding hydrogens is 385 g/mol. The number of rotatable bonds is 5. The largest absolute Gasteiger partial charge is 0.376 e. The molecule has 1 aromatic carbocycles. The Morgan fingerprint density at radius 1 is 1.40 bits per heavy atom. The zero-order chi connectivity index (χ0) is 17.8. The van der Waals surface area contributed by atoms with Gasteiger partial charge >= 0.3 is 0 Å². The third-order valence-electron chi connectivity index (χ3n) is 3.81. The number of ether oxygens (including phenoxy) is 1. The van der Waals surface area contributed by atoms with Crippen LogP contribution in [0.15, 0.2) is 23.2 Å². The highest BCUT2D eigenvalue weighted by atomic mass is 35.5. The van der Waals surface area contributed by atoms with Gasteiger partial charge in [-0.2, -0.15) is 0 Å². The van der Waals surface area contributed by atoms with Crippen molar-refractivity contribution >= 4 is 57.6 Å². The van der Waals surface area contributed by atoms with E-state index in [-0.39, 0.29) is 24.3 Å². The van der Waals surface area contributed by atoms with E-state index >= 15 is 0 Å². The van der Waals surface area contributed by atoms with Gasteiger partial charge in [0.15, 0.2) is 5.17 Å². The van der Waals surface area contributed by atoms with Gasteiger partial charge < -0.3 is 15.4 Å². The van der Waals surface area contributed by atoms with Crippen LogP contribution >= 0.6 is 35.0 Å². The standard InChI is InChI=1S/C16H17Cl2N3O3S/c17-11-4-3-9(6-12(11)18)20-14(22)7-13-15(23)21-16(25-13)19-8-10-2-1-5-24-10/h3-4,6,10,13H,1-2,5,7-8H2,(H,20,22)(H,19,21,23)/t10-,13-/m0/s1. The summed E-state index contributed by atoms with van der Waals surface area (Å²) in [6.45, 7) is 1.30. The van der Waals surface area contributed by atoms with E-state index in [1.54, 1.807) is 18.2 Å². The Morgan fingerprint density at radius 3 is 2.96 bits per heavy atom. The molecule has 2 atom stereocenters. The predicted molar refractivity (Wildman–Crippen MR) is 101 cm³/mol. The van der Waals surface area contributed by atoms with Gasteiger partial charge in [0.05, 0.1) is 22.7 Å². The number of nitrogens with zero attached hydrogens (tertiary/aromatic N) is 1. The molecule has 2 amide bonds. The van der Waals surface area contributed by atoms with E-state index in [4.69, 9.17) is 27.9 Å². The summed E-state index contributed by atoms with van der Waals surface area (Å²) < 4.78 is 5.50. The summed E-state index contributed by atoms with van der Waals surface area (Å²) in [5, 5.41) is 6.25. The zero-order valence-corrected chi connectivity index (χ0v) is 15.6. The maximum atomic E-state index is 12.1. The summed E-state index contributed by atoms with van der Waals surface area (Å²) in [6.07, 6.45) is 2.22. The van der Waals surface area contributed by atoms with E-state index in [2.05, 4.69) is 15.6 Å². The normalized spacial score (nSPS) is 24.6. The second-order valence-corrected chi connectivity index (χ2v) is 7.76. The molecule has 2 heterocycles. The summed E-state index contributed by atoms with van der Waals surface area (Å²) >= 11 is 13.0. The number of hydrogen-bond acceptors (Lipinski definition) is 5. The molecule has 0 saturated carbocycles. The number of carbonyl (C=O) groups excluding carboxylic acids is 2. The Balaban J connectivity index is 1.51. The second-order valence-electron chi connectivity index (χ2n) is 5.76. The lowest BCUT2D eigenvalue weighted by Crippen LogP contribution is -2.28. The Kier molecular flexibility index (Phi) is 6.22. The molecule has 25 heavy (non-hydrogen) atoms. The lowest BCUT2D eigenvalue weighted by Gasteiger charge is -2.08. The molecule has 0 aromatic heterocycles. The fourth-order valence-corrected chi connectivity index (χ4v) is 3.82. The lowest BCUT2D eigenvalue weighted by molar-refractivity contribution is -0.122. The molecule has 2 N–H and O–H groups in total. The summed E-state index contributed by atoms with van der Waals surface area (Å²) in [5.41, 5.74) is 0.537. The molecule has 0 radical (unpaired) electrons. The quantitative estimate of drug-likeness (QED) is 0.794. The Labute approximate surface area is 159 Å². The topological polar surface area (TPSA) is 79.8 Å². The Bertz CT molecular complexity index is 708. The summed E-state index contributed by atoms with van der Waals surface area (Å²) in [7, 11) is 0. The van der Waals surface area contributed by atoms with Gasteiger partial charge in [-0.15, -0.1) is 0 Å². The smallest absolute Gasteiger partial charge is 0.240 e. The highest BCUT2D eigenvalue weighted by Gasteiger charge is 2.32. The maximum absolute atomic E-state index is 12.1. The number of amidine groups is 1. The molecular formula is C16H17Cl2N3O3S. The van der Waals surface area contributed by atoms with Crippen molar-refractivity contribution in [1.29, 1.82) is 0 Å². The Hall–Kier alpha value is -1.28. The maximum Gasteiger partial charge on any atom is 0.240 e. The molecule has 2 aliphatic heterocycles. The summed E-state index contributed by atoms with van der Waals surface area (Å²) in [4.78, 5) is 28.5. The SMILES string of the molecule is O=C(C[C@@H]1SC(=NC[C@@H]2CCCO2)NC1=O)Nc1ccc(Cl)c(Cl)c1. The summed E-state index contributed by atoms with van der Waals surface area (Å²) in [6, 6.07) is 4.83. The molecule has 134 valence electrons. The van der Waals surface area contributed by atoms with E-state index in [1.807, 2.05) is 0 Å². The monoisotopic (exact) mass is 401 g/mol. The number of halogens is 2. The molecule has 3 rings (SSSR count). The first-order valence-corrected chi connectivity index (χ1v) is 9.53. The molecule has 2 aliphatic rings. The van der Waals surface area contributed by atoms with Crippen LogP contribution in [0.2, 0.25) is 10.0 Å². The van der Waals surface area contributed by atoms with Crippen molar-refractivity contribution in [2.45, 2.75) is 30.6 Å². The highest BCUT2D eigenvalue weighted by molar-refractivity contribution is 8.15. The first-order valence-electron chi connectivity index (χ1n) is 7.90. The third-order valence-corrected chi connectivity index (χ3v) is 5.67. The van der Waals surface area contributed by atoms with Gasteiger partial charge in [-0.25, -0.2) is 0 Å². The average molecular weight is 402 g/mol. The highest BCUT2D eigenvalue weighted by Crippen LogP contribution is 2.26. The minimum Gasteiger partial charge on any atom is -0.376 e. The molecule has 0 unspecified atom stereocenters. The molecule has 2 fully saturated rings. The van der Waals surface area contributed by atoms with Gasteiger partial charge in [-0.3, -0.25) is 14.6 Å². The van der Waals surface area contributed by atoms with E-state index in [0.29, 0.717) is 27.4 Å².